The molecule has 2 bridgehead atoms. The minimum absolute atomic E-state index is 0.0535. The van der Waals surface area contributed by atoms with E-state index in [1.165, 1.54) is 11.3 Å². The molecule has 5 unspecified atom stereocenters. The van der Waals surface area contributed by atoms with Crippen molar-refractivity contribution < 1.29 is 9.59 Å². The zero-order valence-electron chi connectivity index (χ0n) is 17.1. The number of amides is 2. The summed E-state index contributed by atoms with van der Waals surface area (Å²) in [5.41, 5.74) is 0. The monoisotopic (exact) mass is 387 g/mol. The van der Waals surface area contributed by atoms with E-state index in [1.54, 1.807) is 0 Å². The van der Waals surface area contributed by atoms with Crippen molar-refractivity contribution in [1.29, 1.82) is 0 Å². The van der Waals surface area contributed by atoms with E-state index < -0.39 is 0 Å². The second kappa shape index (κ2) is 8.23. The first-order valence-corrected chi connectivity index (χ1v) is 10.8. The molecule has 28 heavy (non-hydrogen) atoms. The largest absolute Gasteiger partial charge is 0.357 e. The molecule has 0 aromatic rings. The van der Waals surface area contributed by atoms with E-state index in [1.807, 2.05) is 0 Å². The van der Waals surface area contributed by atoms with Crippen molar-refractivity contribution in [2.45, 2.75) is 26.2 Å². The second-order valence-corrected chi connectivity index (χ2v) is 8.74. The van der Waals surface area contributed by atoms with Gasteiger partial charge in [0, 0.05) is 32.7 Å². The first kappa shape index (κ1) is 19.4. The number of carbonyl (C=O) groups excluding carboxylic acids is 2. The molecule has 4 rings (SSSR count). The normalized spacial score (nSPS) is 34.6. The number of imide groups is 1. The van der Waals surface area contributed by atoms with Crippen LogP contribution in [-0.4, -0.2) is 73.9 Å². The van der Waals surface area contributed by atoms with Crippen molar-refractivity contribution in [3.05, 3.63) is 12.2 Å². The summed E-state index contributed by atoms with van der Waals surface area (Å²) in [6.45, 7) is 7.18. The van der Waals surface area contributed by atoms with Crippen LogP contribution in [0.3, 0.4) is 0 Å². The number of rotatable bonds is 7. The van der Waals surface area contributed by atoms with E-state index >= 15 is 0 Å². The fourth-order valence-corrected chi connectivity index (χ4v) is 5.37. The molecule has 2 aliphatic carbocycles. The molecular weight excluding hydrogens is 354 g/mol. The van der Waals surface area contributed by atoms with Gasteiger partial charge in [-0.15, -0.1) is 0 Å². The van der Waals surface area contributed by atoms with Crippen LogP contribution in [0.15, 0.2) is 17.1 Å². The van der Waals surface area contributed by atoms with Crippen LogP contribution in [0, 0.1) is 29.6 Å². The Hall–Kier alpha value is -1.89. The summed E-state index contributed by atoms with van der Waals surface area (Å²) in [4.78, 5) is 34.0. The predicted molar refractivity (Wildman–Crippen MR) is 109 cm³/mol. The number of aliphatic imine (C=N–C) groups is 1. The molecule has 0 spiro atoms. The van der Waals surface area contributed by atoms with Gasteiger partial charge in [-0.2, -0.15) is 0 Å². The molecule has 7 nitrogen and oxygen atoms in total. The third-order valence-corrected chi connectivity index (χ3v) is 6.75. The molecule has 154 valence electrons. The van der Waals surface area contributed by atoms with Gasteiger partial charge >= 0.3 is 0 Å². The van der Waals surface area contributed by atoms with Crippen LogP contribution in [0.1, 0.15) is 26.2 Å². The SMILES string of the molecule is CCNC(=NCC1CCN(C)C1)NCCCN1C(=O)C2C3C=CC(C3)C2C1=O. The molecule has 2 N–H and O–H groups in total. The molecule has 3 fully saturated rings. The molecule has 0 aromatic carbocycles. The number of hydrogen-bond donors (Lipinski definition) is 2. The van der Waals surface area contributed by atoms with E-state index in [2.05, 4.69) is 41.7 Å². The Morgan fingerprint density at radius 1 is 1.18 bits per heavy atom. The number of guanidine groups is 1. The van der Waals surface area contributed by atoms with Crippen LogP contribution in [0.5, 0.6) is 0 Å². The van der Waals surface area contributed by atoms with Crippen molar-refractivity contribution in [2.75, 3.05) is 46.3 Å². The highest BCUT2D eigenvalue weighted by molar-refractivity contribution is 6.06. The third-order valence-electron chi connectivity index (χ3n) is 6.75. The van der Waals surface area contributed by atoms with Crippen LogP contribution in [0.4, 0.5) is 0 Å². The highest BCUT2D eigenvalue weighted by Gasteiger charge is 2.58. The van der Waals surface area contributed by atoms with Gasteiger partial charge < -0.3 is 15.5 Å². The average Bonchev–Trinajstić information content (AvgIpc) is 3.43. The Balaban J connectivity index is 1.23. The van der Waals surface area contributed by atoms with Crippen molar-refractivity contribution >= 4 is 17.8 Å². The Morgan fingerprint density at radius 2 is 1.89 bits per heavy atom. The molecule has 2 aliphatic heterocycles. The summed E-state index contributed by atoms with van der Waals surface area (Å²) in [6.07, 6.45) is 7.22. The van der Waals surface area contributed by atoms with E-state index in [0.29, 0.717) is 19.0 Å². The molecule has 4 aliphatic rings. The van der Waals surface area contributed by atoms with E-state index in [4.69, 9.17) is 4.99 Å². The number of nitrogens with zero attached hydrogens (tertiary/aromatic N) is 3. The van der Waals surface area contributed by atoms with Crippen LogP contribution in [0.2, 0.25) is 0 Å². The number of nitrogens with one attached hydrogen (secondary N) is 2. The lowest BCUT2D eigenvalue weighted by Gasteiger charge is -2.18. The average molecular weight is 388 g/mol. The van der Waals surface area contributed by atoms with Gasteiger partial charge in [-0.3, -0.25) is 19.5 Å². The maximum atomic E-state index is 12.7. The lowest BCUT2D eigenvalue weighted by molar-refractivity contribution is -0.140. The highest BCUT2D eigenvalue weighted by Crippen LogP contribution is 2.52. The van der Waals surface area contributed by atoms with Crippen LogP contribution in [0.25, 0.3) is 0 Å². The fraction of sp³-hybridized carbons (Fsp3) is 0.762. The molecule has 0 aromatic heterocycles. The Kier molecular flexibility index (Phi) is 5.71. The summed E-state index contributed by atoms with van der Waals surface area (Å²) in [7, 11) is 2.16. The number of fused-ring (bicyclic) bond motifs is 5. The third kappa shape index (κ3) is 3.69. The number of hydrogen-bond acceptors (Lipinski definition) is 4. The van der Waals surface area contributed by atoms with Gasteiger partial charge in [0.15, 0.2) is 5.96 Å². The zero-order valence-corrected chi connectivity index (χ0v) is 17.1. The number of carbonyl (C=O) groups is 2. The standard InChI is InChI=1S/C21H33N5O2/c1-3-22-21(24-12-14-7-10-25(2)13-14)23-8-4-9-26-19(27)17-15-5-6-16(11-15)18(17)20(26)28/h5-6,14-18H,3-4,7-13H2,1-2H3,(H2,22,23,24). The van der Waals surface area contributed by atoms with Crippen LogP contribution in [-0.2, 0) is 9.59 Å². The van der Waals surface area contributed by atoms with E-state index in [9.17, 15) is 9.59 Å². The van der Waals surface area contributed by atoms with E-state index in [0.717, 1.165) is 45.0 Å². The Morgan fingerprint density at radius 3 is 2.50 bits per heavy atom. The summed E-state index contributed by atoms with van der Waals surface area (Å²) >= 11 is 0. The minimum atomic E-state index is -0.0844. The molecule has 7 heteroatoms. The van der Waals surface area contributed by atoms with Crippen molar-refractivity contribution in [3.8, 4) is 0 Å². The predicted octanol–water partition coefficient (Wildman–Crippen LogP) is 0.690. The molecule has 2 amide bonds. The first-order chi connectivity index (χ1) is 13.6. The smallest absolute Gasteiger partial charge is 0.233 e. The van der Waals surface area contributed by atoms with Crippen LogP contribution >= 0.6 is 0 Å². The summed E-state index contributed by atoms with van der Waals surface area (Å²) in [5, 5.41) is 6.64. The molecule has 0 radical (unpaired) electrons. The number of allylic oxidation sites excluding steroid dienone is 2. The molecule has 1 saturated carbocycles. The maximum Gasteiger partial charge on any atom is 0.233 e. The lowest BCUT2D eigenvalue weighted by Crippen LogP contribution is -2.40. The maximum absolute atomic E-state index is 12.7. The summed E-state index contributed by atoms with van der Waals surface area (Å²) in [5.74, 6) is 1.97. The van der Waals surface area contributed by atoms with Crippen molar-refractivity contribution in [2.24, 2.45) is 34.6 Å². The van der Waals surface area contributed by atoms with Crippen molar-refractivity contribution in [1.82, 2.24) is 20.4 Å². The minimum Gasteiger partial charge on any atom is -0.357 e. The Bertz CT molecular complexity index is 646. The van der Waals surface area contributed by atoms with Gasteiger partial charge in [0.25, 0.3) is 0 Å². The number of likely N-dealkylation sites (tertiary alicyclic amines) is 2. The lowest BCUT2D eigenvalue weighted by atomic mass is 9.85. The summed E-state index contributed by atoms with van der Waals surface area (Å²) < 4.78 is 0. The van der Waals surface area contributed by atoms with Crippen molar-refractivity contribution in [3.63, 3.8) is 0 Å². The highest BCUT2D eigenvalue weighted by atomic mass is 16.2. The van der Waals surface area contributed by atoms with Gasteiger partial charge in [0.2, 0.25) is 11.8 Å². The van der Waals surface area contributed by atoms with Gasteiger partial charge in [-0.25, -0.2) is 0 Å². The fourth-order valence-electron chi connectivity index (χ4n) is 5.37. The first-order valence-electron chi connectivity index (χ1n) is 10.8. The van der Waals surface area contributed by atoms with Gasteiger partial charge in [0.05, 0.1) is 11.8 Å². The zero-order chi connectivity index (χ0) is 19.7. The molecule has 5 atom stereocenters. The molecular formula is C21H33N5O2. The quantitative estimate of drug-likeness (QED) is 0.221. The Labute approximate surface area is 167 Å². The molecule has 2 saturated heterocycles. The van der Waals surface area contributed by atoms with Crippen LogP contribution < -0.4 is 10.6 Å². The topological polar surface area (TPSA) is 77.0 Å². The van der Waals surface area contributed by atoms with Gasteiger partial charge in [0.1, 0.15) is 0 Å². The van der Waals surface area contributed by atoms with Gasteiger partial charge in [-0.1, -0.05) is 12.2 Å². The second-order valence-electron chi connectivity index (χ2n) is 8.74. The molecule has 2 heterocycles. The van der Waals surface area contributed by atoms with Gasteiger partial charge in [-0.05, 0) is 57.5 Å². The summed E-state index contributed by atoms with van der Waals surface area (Å²) in [6, 6.07) is 0. The van der Waals surface area contributed by atoms with E-state index in [-0.39, 0.29) is 35.5 Å².